The van der Waals surface area contributed by atoms with Gasteiger partial charge in [0.25, 0.3) is 0 Å². The van der Waals surface area contributed by atoms with E-state index in [1.807, 2.05) is 54.6 Å². The van der Waals surface area contributed by atoms with E-state index in [0.29, 0.717) is 12.4 Å². The number of rotatable bonds is 3. The molecule has 3 rings (SSSR count). The summed E-state index contributed by atoms with van der Waals surface area (Å²) in [5, 5.41) is 2.08. The van der Waals surface area contributed by atoms with E-state index in [-0.39, 0.29) is 0 Å². The average molecular weight is 376 g/mol. The van der Waals surface area contributed by atoms with Gasteiger partial charge in [0.2, 0.25) is 5.88 Å². The number of halogens is 1. The van der Waals surface area contributed by atoms with Gasteiger partial charge in [0, 0.05) is 15.5 Å². The SMILES string of the molecule is NCc1cc2ccccc2c(Oc2cccc(I)c2)n1. The second kappa shape index (κ2) is 5.76. The summed E-state index contributed by atoms with van der Waals surface area (Å²) in [7, 11) is 0. The Labute approximate surface area is 130 Å². The molecular weight excluding hydrogens is 363 g/mol. The Morgan fingerprint density at radius 1 is 1.05 bits per heavy atom. The summed E-state index contributed by atoms with van der Waals surface area (Å²) in [5.41, 5.74) is 6.53. The second-order valence-electron chi connectivity index (χ2n) is 4.40. The maximum Gasteiger partial charge on any atom is 0.227 e. The molecule has 1 aromatic heterocycles. The molecule has 0 aliphatic carbocycles. The van der Waals surface area contributed by atoms with Gasteiger partial charge < -0.3 is 10.5 Å². The normalized spacial score (nSPS) is 10.7. The first-order chi connectivity index (χ1) is 9.76. The van der Waals surface area contributed by atoms with Crippen molar-refractivity contribution in [1.29, 1.82) is 0 Å². The van der Waals surface area contributed by atoms with Crippen LogP contribution >= 0.6 is 22.6 Å². The summed E-state index contributed by atoms with van der Waals surface area (Å²) >= 11 is 2.26. The first-order valence-corrected chi connectivity index (χ1v) is 7.36. The molecule has 0 atom stereocenters. The highest BCUT2D eigenvalue weighted by Gasteiger charge is 2.07. The summed E-state index contributed by atoms with van der Waals surface area (Å²) < 4.78 is 7.07. The first-order valence-electron chi connectivity index (χ1n) is 6.28. The van der Waals surface area contributed by atoms with Crippen LogP contribution in [-0.4, -0.2) is 4.98 Å². The molecule has 3 nitrogen and oxygen atoms in total. The second-order valence-corrected chi connectivity index (χ2v) is 5.65. The molecule has 3 aromatic rings. The van der Waals surface area contributed by atoms with Gasteiger partial charge in [0.05, 0.1) is 5.69 Å². The average Bonchev–Trinajstić information content (AvgIpc) is 2.47. The van der Waals surface area contributed by atoms with Crippen LogP contribution < -0.4 is 10.5 Å². The van der Waals surface area contributed by atoms with Gasteiger partial charge in [-0.1, -0.05) is 24.3 Å². The summed E-state index contributed by atoms with van der Waals surface area (Å²) in [6.07, 6.45) is 0. The number of ether oxygens (including phenoxy) is 1. The lowest BCUT2D eigenvalue weighted by molar-refractivity contribution is 0.467. The van der Waals surface area contributed by atoms with Gasteiger partial charge in [0.1, 0.15) is 5.75 Å². The molecule has 0 aliphatic heterocycles. The van der Waals surface area contributed by atoms with E-state index < -0.39 is 0 Å². The van der Waals surface area contributed by atoms with Crippen LogP contribution in [0.1, 0.15) is 5.69 Å². The van der Waals surface area contributed by atoms with Crippen LogP contribution in [-0.2, 0) is 6.54 Å². The molecule has 0 unspecified atom stereocenters. The largest absolute Gasteiger partial charge is 0.438 e. The van der Waals surface area contributed by atoms with Crippen LogP contribution in [0.3, 0.4) is 0 Å². The van der Waals surface area contributed by atoms with Gasteiger partial charge in [-0.2, -0.15) is 0 Å². The third kappa shape index (κ3) is 2.76. The minimum absolute atomic E-state index is 0.396. The Hall–Kier alpha value is -1.66. The first kappa shape index (κ1) is 13.3. The van der Waals surface area contributed by atoms with Crippen LogP contribution in [0.2, 0.25) is 0 Å². The number of hydrogen-bond acceptors (Lipinski definition) is 3. The standard InChI is InChI=1S/C16H13IN2O/c17-12-5-3-6-14(9-12)20-16-15-7-2-1-4-11(15)8-13(10-18)19-16/h1-9H,10,18H2. The predicted octanol–water partition coefficient (Wildman–Crippen LogP) is 4.09. The van der Waals surface area contributed by atoms with Gasteiger partial charge in [-0.25, -0.2) is 4.98 Å². The number of nitrogens with two attached hydrogens (primary N) is 1. The highest BCUT2D eigenvalue weighted by Crippen LogP contribution is 2.29. The van der Waals surface area contributed by atoms with Crippen LogP contribution in [0.5, 0.6) is 11.6 Å². The quantitative estimate of drug-likeness (QED) is 0.701. The molecule has 0 saturated heterocycles. The minimum atomic E-state index is 0.396. The van der Waals surface area contributed by atoms with Crippen molar-refractivity contribution < 1.29 is 4.74 Å². The maximum absolute atomic E-state index is 5.94. The van der Waals surface area contributed by atoms with Crippen molar-refractivity contribution in [3.63, 3.8) is 0 Å². The summed E-state index contributed by atoms with van der Waals surface area (Å²) in [5.74, 6) is 1.38. The zero-order valence-electron chi connectivity index (χ0n) is 10.7. The van der Waals surface area contributed by atoms with E-state index in [4.69, 9.17) is 10.5 Å². The van der Waals surface area contributed by atoms with Gasteiger partial charge in [-0.05, 0) is 58.3 Å². The third-order valence-corrected chi connectivity index (χ3v) is 3.65. The monoisotopic (exact) mass is 376 g/mol. The van der Waals surface area contributed by atoms with Gasteiger partial charge in [0.15, 0.2) is 0 Å². The van der Waals surface area contributed by atoms with Crippen LogP contribution in [0.25, 0.3) is 10.8 Å². The minimum Gasteiger partial charge on any atom is -0.438 e. The molecule has 0 aliphatic rings. The lowest BCUT2D eigenvalue weighted by Crippen LogP contribution is -2.01. The highest BCUT2D eigenvalue weighted by atomic mass is 127. The summed E-state index contributed by atoms with van der Waals surface area (Å²) in [4.78, 5) is 4.49. The number of hydrogen-bond donors (Lipinski definition) is 1. The molecule has 4 heteroatoms. The Balaban J connectivity index is 2.10. The molecule has 2 aromatic carbocycles. The number of nitrogens with zero attached hydrogens (tertiary/aromatic N) is 1. The molecule has 0 spiro atoms. The lowest BCUT2D eigenvalue weighted by atomic mass is 10.1. The topological polar surface area (TPSA) is 48.1 Å². The Morgan fingerprint density at radius 2 is 1.90 bits per heavy atom. The molecule has 2 N–H and O–H groups in total. The number of fused-ring (bicyclic) bond motifs is 1. The van der Waals surface area contributed by atoms with Gasteiger partial charge in [-0.15, -0.1) is 0 Å². The zero-order valence-corrected chi connectivity index (χ0v) is 12.9. The van der Waals surface area contributed by atoms with Crippen molar-refractivity contribution in [3.05, 3.63) is 63.9 Å². The Morgan fingerprint density at radius 3 is 2.70 bits per heavy atom. The van der Waals surface area contributed by atoms with Crippen LogP contribution in [0.4, 0.5) is 0 Å². The number of pyridine rings is 1. The van der Waals surface area contributed by atoms with Gasteiger partial charge >= 0.3 is 0 Å². The van der Waals surface area contributed by atoms with Crippen LogP contribution in [0, 0.1) is 3.57 Å². The van der Waals surface area contributed by atoms with E-state index >= 15 is 0 Å². The fraction of sp³-hybridized carbons (Fsp3) is 0.0625. The van der Waals surface area contributed by atoms with Crippen molar-refractivity contribution in [3.8, 4) is 11.6 Å². The molecule has 0 amide bonds. The van der Waals surface area contributed by atoms with E-state index in [0.717, 1.165) is 25.8 Å². The Kier molecular flexibility index (Phi) is 3.84. The molecule has 0 bridgehead atoms. The van der Waals surface area contributed by atoms with Crippen molar-refractivity contribution in [2.24, 2.45) is 5.73 Å². The van der Waals surface area contributed by atoms with Gasteiger partial charge in [-0.3, -0.25) is 0 Å². The molecule has 0 radical (unpaired) electrons. The molecule has 0 fully saturated rings. The van der Waals surface area contributed by atoms with E-state index in [1.54, 1.807) is 0 Å². The molecule has 100 valence electrons. The molecule has 20 heavy (non-hydrogen) atoms. The summed E-state index contributed by atoms with van der Waals surface area (Å²) in [6.45, 7) is 0.396. The zero-order chi connectivity index (χ0) is 13.9. The maximum atomic E-state index is 5.94. The van der Waals surface area contributed by atoms with Crippen molar-refractivity contribution in [2.45, 2.75) is 6.54 Å². The summed E-state index contributed by atoms with van der Waals surface area (Å²) in [6, 6.07) is 17.9. The van der Waals surface area contributed by atoms with Crippen molar-refractivity contribution in [2.75, 3.05) is 0 Å². The van der Waals surface area contributed by atoms with Crippen molar-refractivity contribution >= 4 is 33.4 Å². The fourth-order valence-corrected chi connectivity index (χ4v) is 2.56. The predicted molar refractivity (Wildman–Crippen MR) is 88.9 cm³/mol. The molecular formula is C16H13IN2O. The van der Waals surface area contributed by atoms with Crippen molar-refractivity contribution in [1.82, 2.24) is 4.98 Å². The van der Waals surface area contributed by atoms with E-state index in [9.17, 15) is 0 Å². The smallest absolute Gasteiger partial charge is 0.227 e. The highest BCUT2D eigenvalue weighted by molar-refractivity contribution is 14.1. The third-order valence-electron chi connectivity index (χ3n) is 2.98. The number of benzene rings is 2. The van der Waals surface area contributed by atoms with Crippen LogP contribution in [0.15, 0.2) is 54.6 Å². The van der Waals surface area contributed by atoms with E-state index in [1.165, 1.54) is 0 Å². The molecule has 0 saturated carbocycles. The van der Waals surface area contributed by atoms with E-state index in [2.05, 4.69) is 27.6 Å². The molecule has 1 heterocycles. The Bertz CT molecular complexity index is 758. The lowest BCUT2D eigenvalue weighted by Gasteiger charge is -2.10. The fourth-order valence-electron chi connectivity index (χ4n) is 2.04. The number of aromatic nitrogens is 1.